The molecule has 0 radical (unpaired) electrons. The van der Waals surface area contributed by atoms with Crippen LogP contribution < -0.4 is 0 Å². The Kier molecular flexibility index (Phi) is 4.68. The topological polar surface area (TPSA) is 0 Å². The van der Waals surface area contributed by atoms with Crippen LogP contribution in [0.25, 0.3) is 5.57 Å². The van der Waals surface area contributed by atoms with E-state index in [0.29, 0.717) is 0 Å². The van der Waals surface area contributed by atoms with Crippen molar-refractivity contribution in [2.45, 2.75) is 39.5 Å². The Morgan fingerprint density at radius 2 is 1.39 bits per heavy atom. The Labute approximate surface area is 139 Å². The summed E-state index contributed by atoms with van der Waals surface area (Å²) in [6, 6.07) is 21.0. The lowest BCUT2D eigenvalue weighted by atomic mass is 9.73. The van der Waals surface area contributed by atoms with Crippen LogP contribution in [0.2, 0.25) is 0 Å². The fourth-order valence-corrected chi connectivity index (χ4v) is 3.25. The van der Waals surface area contributed by atoms with Gasteiger partial charge in [0, 0.05) is 5.57 Å². The molecule has 1 aliphatic rings. The monoisotopic (exact) mass is 300 g/mol. The second-order valence-electron chi connectivity index (χ2n) is 6.93. The first-order valence-electron chi connectivity index (χ1n) is 8.53. The van der Waals surface area contributed by atoms with Gasteiger partial charge in [0.2, 0.25) is 0 Å². The maximum atomic E-state index is 3.54. The van der Waals surface area contributed by atoms with Gasteiger partial charge in [0.25, 0.3) is 0 Å². The van der Waals surface area contributed by atoms with Gasteiger partial charge in [0.1, 0.15) is 0 Å². The van der Waals surface area contributed by atoms with Crippen molar-refractivity contribution in [3.63, 3.8) is 0 Å². The predicted octanol–water partition coefficient (Wildman–Crippen LogP) is 6.40. The average Bonchev–Trinajstić information content (AvgIpc) is 2.58. The molecule has 1 fully saturated rings. The van der Waals surface area contributed by atoms with Crippen LogP contribution in [0.5, 0.6) is 0 Å². The van der Waals surface area contributed by atoms with Gasteiger partial charge in [-0.15, -0.1) is 0 Å². The predicted molar refractivity (Wildman–Crippen MR) is 98.2 cm³/mol. The molecular weight excluding hydrogens is 276 g/mol. The van der Waals surface area contributed by atoms with E-state index in [1.807, 2.05) is 0 Å². The van der Waals surface area contributed by atoms with E-state index < -0.39 is 0 Å². The lowest BCUT2D eigenvalue weighted by Crippen LogP contribution is -2.18. The summed E-state index contributed by atoms with van der Waals surface area (Å²) in [5.74, 6) is 0. The summed E-state index contributed by atoms with van der Waals surface area (Å²) in [6.45, 7) is 4.67. The van der Waals surface area contributed by atoms with Crippen LogP contribution in [0.1, 0.15) is 50.7 Å². The van der Waals surface area contributed by atoms with Gasteiger partial charge in [-0.05, 0) is 41.4 Å². The summed E-state index contributed by atoms with van der Waals surface area (Å²) < 4.78 is 0. The molecule has 2 aromatic rings. The molecule has 1 aliphatic carbocycles. The standard InChI is InChI=1S/C23H24/c1-23(2)18-10-9-15-21(23)16-17-22(19-11-5-3-6-12-19)20-13-7-4-8-14-20/h3-8,11-14H,9-10,15,18H2,1-2H3. The van der Waals surface area contributed by atoms with Crippen molar-refractivity contribution in [2.75, 3.05) is 0 Å². The molecular formula is C23H24. The molecule has 23 heavy (non-hydrogen) atoms. The highest BCUT2D eigenvalue weighted by atomic mass is 14.3. The Morgan fingerprint density at radius 3 is 1.91 bits per heavy atom. The third-order valence-corrected chi connectivity index (χ3v) is 4.76. The number of hydrogen-bond acceptors (Lipinski definition) is 0. The van der Waals surface area contributed by atoms with Gasteiger partial charge in [0.05, 0.1) is 0 Å². The first-order chi connectivity index (χ1) is 11.2. The van der Waals surface area contributed by atoms with Crippen LogP contribution >= 0.6 is 0 Å². The summed E-state index contributed by atoms with van der Waals surface area (Å²) in [5.41, 5.74) is 12.2. The van der Waals surface area contributed by atoms with Crippen molar-refractivity contribution in [3.05, 3.63) is 88.8 Å². The van der Waals surface area contributed by atoms with Crippen molar-refractivity contribution >= 4 is 5.57 Å². The normalized spacial score (nSPS) is 16.3. The lowest BCUT2D eigenvalue weighted by Gasteiger charge is -2.30. The molecule has 0 nitrogen and oxygen atoms in total. The zero-order chi connectivity index (χ0) is 16.1. The van der Waals surface area contributed by atoms with E-state index in [0.717, 1.165) is 12.0 Å². The largest absolute Gasteiger partial charge is 0.0699 e. The average molecular weight is 300 g/mol. The van der Waals surface area contributed by atoms with Crippen LogP contribution in [-0.2, 0) is 0 Å². The van der Waals surface area contributed by atoms with E-state index in [1.165, 1.54) is 36.0 Å². The van der Waals surface area contributed by atoms with Crippen LogP contribution in [0.3, 0.4) is 0 Å². The molecule has 0 aromatic heterocycles. The Hall–Kier alpha value is -2.26. The minimum atomic E-state index is 0.254. The van der Waals surface area contributed by atoms with Crippen molar-refractivity contribution < 1.29 is 0 Å². The fraction of sp³-hybridized carbons (Fsp3) is 0.304. The zero-order valence-electron chi connectivity index (χ0n) is 14.1. The summed E-state index contributed by atoms with van der Waals surface area (Å²) in [7, 11) is 0. The number of hydrogen-bond donors (Lipinski definition) is 0. The highest BCUT2D eigenvalue weighted by Crippen LogP contribution is 2.39. The fourth-order valence-electron chi connectivity index (χ4n) is 3.25. The maximum absolute atomic E-state index is 3.54. The number of benzene rings is 2. The smallest absolute Gasteiger partial charge is 0.0393 e. The van der Waals surface area contributed by atoms with Crippen LogP contribution in [0, 0.1) is 5.41 Å². The Bertz CT molecular complexity index is 709. The molecule has 0 amide bonds. The lowest BCUT2D eigenvalue weighted by molar-refractivity contribution is 0.337. The highest BCUT2D eigenvalue weighted by molar-refractivity contribution is 5.79. The minimum absolute atomic E-state index is 0.254. The van der Waals surface area contributed by atoms with E-state index in [-0.39, 0.29) is 5.41 Å². The molecule has 0 spiro atoms. The van der Waals surface area contributed by atoms with Gasteiger partial charge < -0.3 is 0 Å². The molecule has 0 heteroatoms. The molecule has 0 atom stereocenters. The van der Waals surface area contributed by atoms with E-state index in [2.05, 4.69) is 86.0 Å². The summed E-state index contributed by atoms with van der Waals surface area (Å²) in [6.07, 6.45) is 5.01. The van der Waals surface area contributed by atoms with Gasteiger partial charge in [0.15, 0.2) is 0 Å². The molecule has 2 aromatic carbocycles. The van der Waals surface area contributed by atoms with E-state index >= 15 is 0 Å². The molecule has 0 heterocycles. The SMILES string of the molecule is CC1(C)CCCCC1=C=C=C(c1ccccc1)c1ccccc1. The summed E-state index contributed by atoms with van der Waals surface area (Å²) >= 11 is 0. The number of allylic oxidation sites excluding steroid dienone is 1. The number of rotatable bonds is 2. The Morgan fingerprint density at radius 1 is 0.826 bits per heavy atom. The zero-order valence-corrected chi connectivity index (χ0v) is 14.1. The third kappa shape index (κ3) is 3.74. The highest BCUT2D eigenvalue weighted by Gasteiger charge is 2.26. The Balaban J connectivity index is 2.18. The molecule has 1 saturated carbocycles. The third-order valence-electron chi connectivity index (χ3n) is 4.76. The van der Waals surface area contributed by atoms with Gasteiger partial charge in [-0.2, -0.15) is 0 Å². The van der Waals surface area contributed by atoms with Gasteiger partial charge in [-0.1, -0.05) is 92.4 Å². The second-order valence-corrected chi connectivity index (χ2v) is 6.93. The van der Waals surface area contributed by atoms with Crippen molar-refractivity contribution in [3.8, 4) is 0 Å². The quantitative estimate of drug-likeness (QED) is 0.563. The van der Waals surface area contributed by atoms with Crippen molar-refractivity contribution in [1.82, 2.24) is 0 Å². The first kappa shape index (κ1) is 15.6. The molecule has 0 saturated heterocycles. The first-order valence-corrected chi connectivity index (χ1v) is 8.53. The minimum Gasteiger partial charge on any atom is -0.0699 e. The second kappa shape index (κ2) is 6.88. The van der Waals surface area contributed by atoms with Crippen LogP contribution in [0.4, 0.5) is 0 Å². The summed E-state index contributed by atoms with van der Waals surface area (Å²) in [4.78, 5) is 0. The van der Waals surface area contributed by atoms with E-state index in [4.69, 9.17) is 0 Å². The van der Waals surface area contributed by atoms with E-state index in [1.54, 1.807) is 0 Å². The van der Waals surface area contributed by atoms with Gasteiger partial charge in [-0.3, -0.25) is 0 Å². The molecule has 0 aliphatic heterocycles. The van der Waals surface area contributed by atoms with Crippen molar-refractivity contribution in [2.24, 2.45) is 5.41 Å². The van der Waals surface area contributed by atoms with Crippen molar-refractivity contribution in [1.29, 1.82) is 0 Å². The molecule has 0 unspecified atom stereocenters. The maximum Gasteiger partial charge on any atom is 0.0393 e. The van der Waals surface area contributed by atoms with E-state index in [9.17, 15) is 0 Å². The van der Waals surface area contributed by atoms with Crippen LogP contribution in [0.15, 0.2) is 77.7 Å². The molecule has 0 bridgehead atoms. The van der Waals surface area contributed by atoms with Gasteiger partial charge >= 0.3 is 0 Å². The summed E-state index contributed by atoms with van der Waals surface area (Å²) in [5, 5.41) is 0. The van der Waals surface area contributed by atoms with Gasteiger partial charge in [-0.25, -0.2) is 0 Å². The molecule has 0 N–H and O–H groups in total. The molecule has 116 valence electrons. The van der Waals surface area contributed by atoms with Crippen LogP contribution in [-0.4, -0.2) is 0 Å². The molecule has 3 rings (SSSR count).